The van der Waals surface area contributed by atoms with Crippen LogP contribution in [0.25, 0.3) is 11.1 Å². The van der Waals surface area contributed by atoms with E-state index in [0.29, 0.717) is 17.1 Å². The first-order chi connectivity index (χ1) is 15.9. The summed E-state index contributed by atoms with van der Waals surface area (Å²) >= 11 is 4.87. The number of hydrogen-bond donors (Lipinski definition) is 2. The first-order valence-corrected chi connectivity index (χ1v) is 12.3. The van der Waals surface area contributed by atoms with E-state index < -0.39 is 5.97 Å². The summed E-state index contributed by atoms with van der Waals surface area (Å²) < 4.78 is 6.05. The van der Waals surface area contributed by atoms with E-state index in [1.807, 2.05) is 62.6 Å². The van der Waals surface area contributed by atoms with Gasteiger partial charge in [-0.05, 0) is 48.1 Å². The third kappa shape index (κ3) is 6.51. The molecule has 0 saturated carbocycles. The van der Waals surface area contributed by atoms with Crippen LogP contribution in [0.4, 0.5) is 5.00 Å². The summed E-state index contributed by atoms with van der Waals surface area (Å²) in [6.07, 6.45) is 0. The van der Waals surface area contributed by atoms with Crippen molar-refractivity contribution in [3.63, 3.8) is 0 Å². The fourth-order valence-electron chi connectivity index (χ4n) is 3.52. The van der Waals surface area contributed by atoms with Crippen molar-refractivity contribution in [2.75, 3.05) is 39.1 Å². The van der Waals surface area contributed by atoms with Crippen molar-refractivity contribution >= 4 is 44.1 Å². The number of hydrogen-bond acceptors (Lipinski definition) is 6. The molecule has 174 valence electrons. The van der Waals surface area contributed by atoms with Gasteiger partial charge in [0, 0.05) is 18.2 Å². The molecule has 3 aromatic rings. The summed E-state index contributed by atoms with van der Waals surface area (Å²) in [6.45, 7) is 2.74. The minimum absolute atomic E-state index is 0.121. The zero-order chi connectivity index (χ0) is 23.8. The third-order valence-corrected chi connectivity index (χ3v) is 6.87. The lowest BCUT2D eigenvalue weighted by Crippen LogP contribution is -2.35. The molecule has 6 nitrogen and oxygen atoms in total. The molecule has 1 atom stereocenters. The number of nitrogens with zero attached hydrogens (tertiary/aromatic N) is 1. The molecule has 2 N–H and O–H groups in total. The molecule has 2 aromatic carbocycles. The first-order valence-electron chi connectivity index (χ1n) is 10.7. The van der Waals surface area contributed by atoms with Crippen LogP contribution in [0.15, 0.2) is 64.5 Å². The second kappa shape index (κ2) is 12.1. The first kappa shape index (κ1) is 25.1. The van der Waals surface area contributed by atoms with Gasteiger partial charge >= 0.3 is 5.97 Å². The van der Waals surface area contributed by atoms with Crippen molar-refractivity contribution in [1.82, 2.24) is 10.2 Å². The van der Waals surface area contributed by atoms with Crippen LogP contribution in [0.3, 0.4) is 0 Å². The lowest BCUT2D eigenvalue weighted by Gasteiger charge is -2.25. The van der Waals surface area contributed by atoms with Crippen molar-refractivity contribution in [2.24, 2.45) is 0 Å². The largest absolute Gasteiger partial charge is 0.462 e. The Balaban J connectivity index is 1.73. The van der Waals surface area contributed by atoms with Gasteiger partial charge in [0.05, 0.1) is 16.9 Å². The summed E-state index contributed by atoms with van der Waals surface area (Å²) in [5.74, 6) is -0.683. The van der Waals surface area contributed by atoms with Crippen LogP contribution >= 0.6 is 27.3 Å². The highest BCUT2D eigenvalue weighted by atomic mass is 79.9. The molecule has 0 bridgehead atoms. The average molecular weight is 530 g/mol. The van der Waals surface area contributed by atoms with Crippen LogP contribution in [-0.4, -0.2) is 50.6 Å². The summed E-state index contributed by atoms with van der Waals surface area (Å²) in [6, 6.07) is 19.9. The van der Waals surface area contributed by atoms with Gasteiger partial charge in [0.15, 0.2) is 0 Å². The Bertz CT molecular complexity index is 1070. The maximum atomic E-state index is 12.8. The van der Waals surface area contributed by atoms with Gasteiger partial charge in [-0.2, -0.15) is 0 Å². The molecule has 3 rings (SSSR count). The molecular weight excluding hydrogens is 502 g/mol. The van der Waals surface area contributed by atoms with Crippen molar-refractivity contribution in [3.8, 4) is 11.1 Å². The van der Waals surface area contributed by atoms with Gasteiger partial charge in [-0.3, -0.25) is 4.79 Å². The maximum absolute atomic E-state index is 12.8. The number of halogens is 1. The molecule has 0 saturated heterocycles. The molecule has 0 spiro atoms. The quantitative estimate of drug-likeness (QED) is 0.354. The van der Waals surface area contributed by atoms with Gasteiger partial charge in [0.25, 0.3) is 0 Å². The number of anilines is 1. The minimum atomic E-state index is -0.460. The Hall–Kier alpha value is -2.52. The summed E-state index contributed by atoms with van der Waals surface area (Å²) in [5.41, 5.74) is 3.14. The topological polar surface area (TPSA) is 70.7 Å². The van der Waals surface area contributed by atoms with Crippen LogP contribution in [0.5, 0.6) is 0 Å². The number of likely N-dealkylation sites (N-methyl/N-ethyl adjacent to an activating group) is 1. The number of carbonyl (C=O) groups is 2. The van der Waals surface area contributed by atoms with Gasteiger partial charge in [0.1, 0.15) is 10.6 Å². The molecule has 0 fully saturated rings. The van der Waals surface area contributed by atoms with E-state index in [2.05, 4.69) is 43.6 Å². The number of esters is 1. The van der Waals surface area contributed by atoms with Gasteiger partial charge < -0.3 is 20.3 Å². The number of carbonyl (C=O) groups excluding carboxylic acids is 2. The van der Waals surface area contributed by atoms with Gasteiger partial charge in [-0.15, -0.1) is 11.3 Å². The smallest absolute Gasteiger partial charge is 0.341 e. The van der Waals surface area contributed by atoms with E-state index in [1.165, 1.54) is 16.9 Å². The van der Waals surface area contributed by atoms with Gasteiger partial charge in [-0.25, -0.2) is 4.79 Å². The van der Waals surface area contributed by atoms with E-state index in [9.17, 15) is 9.59 Å². The highest BCUT2D eigenvalue weighted by Gasteiger charge is 2.26. The molecule has 1 aromatic heterocycles. The molecule has 33 heavy (non-hydrogen) atoms. The molecule has 1 heterocycles. The van der Waals surface area contributed by atoms with Crippen LogP contribution in [0, 0.1) is 0 Å². The average Bonchev–Trinajstić information content (AvgIpc) is 3.13. The van der Waals surface area contributed by atoms with Gasteiger partial charge in [0.2, 0.25) is 5.91 Å². The number of benzene rings is 2. The second-order valence-corrected chi connectivity index (χ2v) is 9.95. The SMILES string of the molecule is CCOC(=O)c1c(NC(=O)CNC[C@@H](c2ccccc2)N(C)C)sc(Br)c1-c1ccccc1. The van der Waals surface area contributed by atoms with E-state index in [-0.39, 0.29) is 25.1 Å². The van der Waals surface area contributed by atoms with Crippen LogP contribution in [0.1, 0.15) is 28.9 Å². The van der Waals surface area contributed by atoms with Crippen molar-refractivity contribution < 1.29 is 14.3 Å². The van der Waals surface area contributed by atoms with Crippen LogP contribution < -0.4 is 10.6 Å². The predicted octanol–water partition coefficient (Wildman–Crippen LogP) is 5.19. The molecular formula is C25H28BrN3O3S. The summed E-state index contributed by atoms with van der Waals surface area (Å²) in [7, 11) is 4.03. The Morgan fingerprint density at radius 3 is 2.30 bits per heavy atom. The maximum Gasteiger partial charge on any atom is 0.341 e. The molecule has 0 radical (unpaired) electrons. The zero-order valence-electron chi connectivity index (χ0n) is 18.9. The van der Waals surface area contributed by atoms with E-state index in [0.717, 1.165) is 14.9 Å². The monoisotopic (exact) mass is 529 g/mol. The molecule has 0 unspecified atom stereocenters. The fraction of sp³-hybridized carbons (Fsp3) is 0.280. The zero-order valence-corrected chi connectivity index (χ0v) is 21.3. The molecule has 0 aliphatic rings. The van der Waals surface area contributed by atoms with E-state index in [1.54, 1.807) is 6.92 Å². The lowest BCUT2D eigenvalue weighted by atomic mass is 10.0. The van der Waals surface area contributed by atoms with Crippen molar-refractivity contribution in [1.29, 1.82) is 0 Å². The fourth-order valence-corrected chi connectivity index (χ4v) is 5.39. The summed E-state index contributed by atoms with van der Waals surface area (Å²) in [5, 5.41) is 6.60. The van der Waals surface area contributed by atoms with E-state index >= 15 is 0 Å². The Morgan fingerprint density at radius 1 is 1.06 bits per heavy atom. The van der Waals surface area contributed by atoms with Crippen molar-refractivity contribution in [3.05, 3.63) is 75.6 Å². The van der Waals surface area contributed by atoms with Gasteiger partial charge in [-0.1, -0.05) is 60.7 Å². The number of rotatable bonds is 10. The highest BCUT2D eigenvalue weighted by molar-refractivity contribution is 9.11. The second-order valence-electron chi connectivity index (χ2n) is 7.61. The Morgan fingerprint density at radius 2 is 1.70 bits per heavy atom. The van der Waals surface area contributed by atoms with Crippen LogP contribution in [0.2, 0.25) is 0 Å². The third-order valence-electron chi connectivity index (χ3n) is 5.09. The van der Waals surface area contributed by atoms with Crippen molar-refractivity contribution in [2.45, 2.75) is 13.0 Å². The molecule has 0 aliphatic carbocycles. The number of ether oxygens (including phenoxy) is 1. The molecule has 8 heteroatoms. The molecule has 1 amide bonds. The molecule has 0 aliphatic heterocycles. The minimum Gasteiger partial charge on any atom is -0.462 e. The Kier molecular flexibility index (Phi) is 9.20. The van der Waals surface area contributed by atoms with Crippen LogP contribution in [-0.2, 0) is 9.53 Å². The Labute approximate surface area is 207 Å². The normalized spacial score (nSPS) is 11.9. The summed E-state index contributed by atoms with van der Waals surface area (Å²) in [4.78, 5) is 27.6. The predicted molar refractivity (Wildman–Crippen MR) is 138 cm³/mol. The lowest BCUT2D eigenvalue weighted by molar-refractivity contribution is -0.115. The van der Waals surface area contributed by atoms with E-state index in [4.69, 9.17) is 4.74 Å². The standard InChI is InChI=1S/C25H28BrN3O3S/c1-4-32-25(31)22-21(18-13-9-6-10-14-18)23(26)33-24(22)28-20(30)16-27-15-19(29(2)3)17-11-7-5-8-12-17/h5-14,19,27H,4,15-16H2,1-3H3,(H,28,30)/t19-/m0/s1. The number of amides is 1. The number of thiophene rings is 1. The highest BCUT2D eigenvalue weighted by Crippen LogP contribution is 2.44. The number of nitrogens with one attached hydrogen (secondary N) is 2.